The van der Waals surface area contributed by atoms with Gasteiger partial charge in [-0.25, -0.2) is 4.98 Å². The maximum atomic E-state index is 12.7. The molecular weight excluding hydrogens is 452 g/mol. The van der Waals surface area contributed by atoms with Gasteiger partial charge in [0.2, 0.25) is 0 Å². The van der Waals surface area contributed by atoms with Crippen molar-refractivity contribution in [1.29, 1.82) is 0 Å². The highest BCUT2D eigenvalue weighted by atomic mass is 19.4. The molecule has 0 saturated carbocycles. The van der Waals surface area contributed by atoms with Crippen LogP contribution >= 0.6 is 0 Å². The van der Waals surface area contributed by atoms with Crippen LogP contribution in [0.1, 0.15) is 45.8 Å². The van der Waals surface area contributed by atoms with Crippen LogP contribution in [0, 0.1) is 0 Å². The average molecular weight is 469 g/mol. The number of nitrogens with two attached hydrogens (primary N) is 1. The van der Waals surface area contributed by atoms with E-state index in [1.807, 2.05) is 6.07 Å². The Hall–Kier alpha value is -3.57. The van der Waals surface area contributed by atoms with Crippen molar-refractivity contribution in [2.45, 2.75) is 38.0 Å². The first-order valence-electron chi connectivity index (χ1n) is 9.65. The van der Waals surface area contributed by atoms with Gasteiger partial charge in [0.15, 0.2) is 5.69 Å². The van der Waals surface area contributed by atoms with Crippen molar-refractivity contribution in [3.63, 3.8) is 0 Å². The van der Waals surface area contributed by atoms with E-state index in [4.69, 9.17) is 5.73 Å². The van der Waals surface area contributed by atoms with E-state index >= 15 is 0 Å². The Morgan fingerprint density at radius 1 is 0.848 bits per heavy atom. The highest BCUT2D eigenvalue weighted by molar-refractivity contribution is 5.90. The number of fused-ring (bicyclic) bond motifs is 1. The molecule has 0 bridgehead atoms. The van der Waals surface area contributed by atoms with Crippen LogP contribution in [0.5, 0.6) is 0 Å². The fourth-order valence-corrected chi connectivity index (χ4v) is 3.14. The van der Waals surface area contributed by atoms with Crippen molar-refractivity contribution in [3.05, 3.63) is 71.2 Å². The minimum absolute atomic E-state index is 0.459. The number of halogens is 6. The van der Waals surface area contributed by atoms with Crippen molar-refractivity contribution < 1.29 is 31.1 Å². The van der Waals surface area contributed by atoms with E-state index in [1.165, 1.54) is 17.3 Å². The summed E-state index contributed by atoms with van der Waals surface area (Å²) in [5.74, 6) is -1.04. The van der Waals surface area contributed by atoms with Crippen LogP contribution in [0.4, 0.5) is 26.3 Å². The number of amides is 1. The second-order valence-electron chi connectivity index (χ2n) is 7.12. The third-order valence-corrected chi connectivity index (χ3v) is 4.75. The summed E-state index contributed by atoms with van der Waals surface area (Å²) in [4.78, 5) is 24.3. The lowest BCUT2D eigenvalue weighted by Crippen LogP contribution is -2.17. The van der Waals surface area contributed by atoms with Gasteiger partial charge >= 0.3 is 12.4 Å². The van der Waals surface area contributed by atoms with Crippen LogP contribution in [0.2, 0.25) is 0 Å². The number of pyridine rings is 2. The van der Waals surface area contributed by atoms with Crippen molar-refractivity contribution in [2.24, 2.45) is 5.73 Å². The average Bonchev–Trinajstić information content (AvgIpc) is 2.78. The normalized spacial score (nSPS) is 13.5. The molecule has 174 valence electrons. The summed E-state index contributed by atoms with van der Waals surface area (Å²) in [6.45, 7) is 0. The number of primary amides is 1. The molecule has 0 radical (unpaired) electrons. The highest BCUT2D eigenvalue weighted by Gasteiger charge is 2.33. The predicted octanol–water partition coefficient (Wildman–Crippen LogP) is 4.64. The Kier molecular flexibility index (Phi) is 6.94. The van der Waals surface area contributed by atoms with Gasteiger partial charge in [-0.1, -0.05) is 0 Å². The van der Waals surface area contributed by atoms with Gasteiger partial charge in [0.05, 0.1) is 18.1 Å². The second kappa shape index (κ2) is 9.51. The molecule has 33 heavy (non-hydrogen) atoms. The van der Waals surface area contributed by atoms with Crippen molar-refractivity contribution in [3.8, 4) is 11.3 Å². The van der Waals surface area contributed by atoms with E-state index in [0.717, 1.165) is 37.9 Å². The molecule has 2 N–H and O–H groups in total. The fraction of sp³-hybridized carbons (Fsp3) is 0.286. The molecule has 1 aliphatic rings. The van der Waals surface area contributed by atoms with E-state index in [9.17, 15) is 31.1 Å². The summed E-state index contributed by atoms with van der Waals surface area (Å²) >= 11 is 0. The topological polar surface area (TPSA) is 94.7 Å². The largest absolute Gasteiger partial charge is 0.434 e. The third kappa shape index (κ3) is 6.24. The lowest BCUT2D eigenvalue weighted by atomic mass is 9.92. The van der Waals surface area contributed by atoms with Crippen LogP contribution in [-0.2, 0) is 25.2 Å². The van der Waals surface area contributed by atoms with Gasteiger partial charge in [-0.2, -0.15) is 26.3 Å². The Labute approximate surface area is 183 Å². The van der Waals surface area contributed by atoms with Crippen molar-refractivity contribution in [2.75, 3.05) is 0 Å². The molecule has 12 heteroatoms. The lowest BCUT2D eigenvalue weighted by Gasteiger charge is -2.16. The molecule has 0 spiro atoms. The zero-order chi connectivity index (χ0) is 24.2. The molecule has 1 amide bonds. The summed E-state index contributed by atoms with van der Waals surface area (Å²) < 4.78 is 74.0. The first kappa shape index (κ1) is 24.1. The van der Waals surface area contributed by atoms with Crippen molar-refractivity contribution in [1.82, 2.24) is 19.9 Å². The number of hydrogen-bond donors (Lipinski definition) is 1. The minimum atomic E-state index is -4.61. The van der Waals surface area contributed by atoms with E-state index in [2.05, 4.69) is 19.9 Å². The van der Waals surface area contributed by atoms with Gasteiger partial charge in [0.25, 0.3) is 5.91 Å². The van der Waals surface area contributed by atoms with Crippen molar-refractivity contribution >= 4 is 5.91 Å². The van der Waals surface area contributed by atoms with Gasteiger partial charge in [-0.3, -0.25) is 19.7 Å². The zero-order valence-corrected chi connectivity index (χ0v) is 16.9. The Morgan fingerprint density at radius 2 is 1.52 bits per heavy atom. The number of alkyl halides is 6. The van der Waals surface area contributed by atoms with Crippen LogP contribution < -0.4 is 5.73 Å². The number of hydrogen-bond acceptors (Lipinski definition) is 5. The lowest BCUT2D eigenvalue weighted by molar-refractivity contribution is -0.142. The molecule has 0 atom stereocenters. The van der Waals surface area contributed by atoms with Gasteiger partial charge < -0.3 is 5.73 Å². The number of rotatable bonds is 2. The number of nitrogens with zero attached hydrogens (tertiary/aromatic N) is 4. The first-order chi connectivity index (χ1) is 15.4. The van der Waals surface area contributed by atoms with Crippen LogP contribution in [0.25, 0.3) is 11.3 Å². The number of carbonyl (C=O) groups is 1. The zero-order valence-electron chi connectivity index (χ0n) is 16.9. The molecule has 3 aromatic rings. The summed E-state index contributed by atoms with van der Waals surface area (Å²) in [6.07, 6.45) is -0.416. The molecule has 0 fully saturated rings. The molecular formula is C21H17F6N5O. The Bertz CT molecular complexity index is 1150. The summed E-state index contributed by atoms with van der Waals surface area (Å²) in [6, 6.07) is 4.52. The maximum Gasteiger partial charge on any atom is 0.434 e. The van der Waals surface area contributed by atoms with Crippen LogP contribution in [0.15, 0.2) is 43.0 Å². The quantitative estimate of drug-likeness (QED) is 0.552. The van der Waals surface area contributed by atoms with E-state index < -0.39 is 35.3 Å². The number of carbonyl (C=O) groups excluding carboxylic acids is 1. The maximum absolute atomic E-state index is 12.7. The van der Waals surface area contributed by atoms with Crippen LogP contribution in [0.3, 0.4) is 0 Å². The molecule has 4 rings (SSSR count). The number of aryl methyl sites for hydroxylation is 2. The molecule has 6 nitrogen and oxygen atoms in total. The Balaban J connectivity index is 0.000000205. The molecule has 0 saturated heterocycles. The molecule has 3 heterocycles. The predicted molar refractivity (Wildman–Crippen MR) is 105 cm³/mol. The summed E-state index contributed by atoms with van der Waals surface area (Å²) in [7, 11) is 0. The number of aromatic nitrogens is 4. The summed E-state index contributed by atoms with van der Waals surface area (Å²) in [5.41, 5.74) is 5.55. The first-order valence-corrected chi connectivity index (χ1v) is 9.65. The summed E-state index contributed by atoms with van der Waals surface area (Å²) in [5, 5.41) is 0. The molecule has 0 unspecified atom stereocenters. The molecule has 0 aliphatic heterocycles. The standard InChI is InChI=1S/C15H13F3N2.C6H4F3N3O/c16-15(17,18)14-8-11(5-6-19-14)13-7-10-3-1-2-4-12(10)9-20-13;7-6(8,9)4-2-11-1-3(12-4)5(10)13/h5-9H,1-4H2;1-2H,(H2,10,13). The monoisotopic (exact) mass is 469 g/mol. The molecule has 3 aromatic heterocycles. The van der Waals surface area contributed by atoms with Gasteiger partial charge in [-0.05, 0) is 55.0 Å². The van der Waals surface area contributed by atoms with Crippen LogP contribution in [-0.4, -0.2) is 25.8 Å². The van der Waals surface area contributed by atoms with Gasteiger partial charge in [0.1, 0.15) is 11.4 Å². The Morgan fingerprint density at radius 3 is 2.15 bits per heavy atom. The molecule has 0 aromatic carbocycles. The fourth-order valence-electron chi connectivity index (χ4n) is 3.14. The second-order valence-corrected chi connectivity index (χ2v) is 7.12. The smallest absolute Gasteiger partial charge is 0.364 e. The molecule has 1 aliphatic carbocycles. The van der Waals surface area contributed by atoms with E-state index in [-0.39, 0.29) is 0 Å². The van der Waals surface area contributed by atoms with Gasteiger partial charge in [-0.15, -0.1) is 0 Å². The highest BCUT2D eigenvalue weighted by Crippen LogP contribution is 2.31. The van der Waals surface area contributed by atoms with Gasteiger partial charge in [0, 0.05) is 18.0 Å². The third-order valence-electron chi connectivity index (χ3n) is 4.75. The SMILES string of the molecule is FC(F)(F)c1cc(-c2cc3c(cn2)CCCC3)ccn1.NC(=O)c1cncc(C(F)(F)F)n1. The van der Waals surface area contributed by atoms with E-state index in [0.29, 0.717) is 17.5 Å². The minimum Gasteiger partial charge on any atom is -0.364 e. The van der Waals surface area contributed by atoms with E-state index in [1.54, 1.807) is 12.3 Å².